The first-order chi connectivity index (χ1) is 12.2. The molecule has 0 saturated carbocycles. The number of carbonyl (C=O) groups is 2. The molecule has 0 aromatic carbocycles. The topological polar surface area (TPSA) is 52.6 Å². The summed E-state index contributed by atoms with van der Waals surface area (Å²) < 4.78 is 10.6. The van der Waals surface area contributed by atoms with Crippen molar-refractivity contribution in [2.45, 2.75) is 87.0 Å². The molecule has 0 aliphatic rings. The molecule has 0 heterocycles. The predicted molar refractivity (Wildman–Crippen MR) is 107 cm³/mol. The van der Waals surface area contributed by atoms with Gasteiger partial charge in [-0.05, 0) is 37.5 Å². The van der Waals surface area contributed by atoms with Crippen LogP contribution in [0.2, 0.25) is 0 Å². The Morgan fingerprint density at radius 3 is 2.08 bits per heavy atom. The number of hydrogen-bond acceptors (Lipinski definition) is 4. The lowest BCUT2D eigenvalue weighted by atomic mass is 9.75. The highest BCUT2D eigenvalue weighted by Gasteiger charge is 2.37. The molecule has 26 heavy (non-hydrogen) atoms. The van der Waals surface area contributed by atoms with Gasteiger partial charge in [0, 0.05) is 0 Å². The van der Waals surface area contributed by atoms with E-state index < -0.39 is 11.3 Å². The molecule has 152 valence electrons. The average Bonchev–Trinajstić information content (AvgIpc) is 2.54. The molecule has 0 amide bonds. The second kappa shape index (κ2) is 12.9. The van der Waals surface area contributed by atoms with Crippen LogP contribution in [0, 0.1) is 17.3 Å². The van der Waals surface area contributed by atoms with E-state index in [4.69, 9.17) is 9.47 Å². The van der Waals surface area contributed by atoms with Gasteiger partial charge in [0.15, 0.2) is 0 Å². The molecule has 0 N–H and O–H groups in total. The lowest BCUT2D eigenvalue weighted by Crippen LogP contribution is -2.34. The molecular weight excluding hydrogens is 328 g/mol. The van der Waals surface area contributed by atoms with E-state index >= 15 is 0 Å². The second-order valence-corrected chi connectivity index (χ2v) is 8.05. The van der Waals surface area contributed by atoms with Crippen molar-refractivity contribution in [1.82, 2.24) is 0 Å². The SMILES string of the molecule is CCCOC(=O)C[C@@H](C(=O)OCCC)C(C)(C)/C=C(/C)C[C@@H](C)CCC. The summed E-state index contributed by atoms with van der Waals surface area (Å²) in [4.78, 5) is 24.7. The van der Waals surface area contributed by atoms with Crippen LogP contribution in [0.3, 0.4) is 0 Å². The van der Waals surface area contributed by atoms with Crippen molar-refractivity contribution in [3.05, 3.63) is 11.6 Å². The van der Waals surface area contributed by atoms with Crippen molar-refractivity contribution in [2.75, 3.05) is 13.2 Å². The molecule has 0 saturated heterocycles. The Bertz CT molecular complexity index is 451. The van der Waals surface area contributed by atoms with Crippen LogP contribution in [0.4, 0.5) is 0 Å². The zero-order valence-corrected chi connectivity index (χ0v) is 18.0. The Kier molecular flexibility index (Phi) is 12.3. The van der Waals surface area contributed by atoms with Crippen molar-refractivity contribution in [1.29, 1.82) is 0 Å². The molecule has 4 nitrogen and oxygen atoms in total. The molecule has 0 aliphatic heterocycles. The lowest BCUT2D eigenvalue weighted by molar-refractivity contribution is -0.158. The molecule has 0 rings (SSSR count). The molecule has 0 radical (unpaired) electrons. The van der Waals surface area contributed by atoms with E-state index in [1.807, 2.05) is 27.7 Å². The summed E-state index contributed by atoms with van der Waals surface area (Å²) in [6.45, 7) is 15.3. The average molecular weight is 369 g/mol. The minimum Gasteiger partial charge on any atom is -0.466 e. The second-order valence-electron chi connectivity index (χ2n) is 8.05. The van der Waals surface area contributed by atoms with Crippen molar-refractivity contribution < 1.29 is 19.1 Å². The summed E-state index contributed by atoms with van der Waals surface area (Å²) in [7, 11) is 0. The van der Waals surface area contributed by atoms with Gasteiger partial charge in [0.2, 0.25) is 0 Å². The van der Waals surface area contributed by atoms with E-state index in [1.54, 1.807) is 0 Å². The van der Waals surface area contributed by atoms with Crippen LogP contribution in [0.5, 0.6) is 0 Å². The largest absolute Gasteiger partial charge is 0.466 e. The van der Waals surface area contributed by atoms with Gasteiger partial charge in [-0.15, -0.1) is 0 Å². The van der Waals surface area contributed by atoms with Crippen LogP contribution >= 0.6 is 0 Å². The first kappa shape index (κ1) is 24.7. The molecule has 0 unspecified atom stereocenters. The summed E-state index contributed by atoms with van der Waals surface area (Å²) in [5, 5.41) is 0. The summed E-state index contributed by atoms with van der Waals surface area (Å²) in [6.07, 6.45) is 7.11. The Morgan fingerprint density at radius 2 is 1.54 bits per heavy atom. The normalized spacial score (nSPS) is 14.7. The fourth-order valence-corrected chi connectivity index (χ4v) is 3.33. The molecule has 4 heteroatoms. The van der Waals surface area contributed by atoms with E-state index in [9.17, 15) is 9.59 Å². The molecule has 0 fully saturated rings. The fourth-order valence-electron chi connectivity index (χ4n) is 3.33. The smallest absolute Gasteiger partial charge is 0.310 e. The van der Waals surface area contributed by atoms with Gasteiger partial charge in [-0.2, -0.15) is 0 Å². The molecule has 2 atom stereocenters. The monoisotopic (exact) mass is 368 g/mol. The zero-order valence-electron chi connectivity index (χ0n) is 18.0. The van der Waals surface area contributed by atoms with Crippen molar-refractivity contribution in [3.8, 4) is 0 Å². The van der Waals surface area contributed by atoms with Gasteiger partial charge >= 0.3 is 11.9 Å². The molecule has 0 aromatic rings. The van der Waals surface area contributed by atoms with Crippen LogP contribution in [0.25, 0.3) is 0 Å². The highest BCUT2D eigenvalue weighted by molar-refractivity contribution is 5.81. The molecule has 0 aromatic heterocycles. The van der Waals surface area contributed by atoms with E-state index in [0.29, 0.717) is 19.1 Å². The third-order valence-electron chi connectivity index (χ3n) is 4.54. The minimum atomic E-state index is -0.533. The van der Waals surface area contributed by atoms with Gasteiger partial charge in [-0.3, -0.25) is 9.59 Å². The van der Waals surface area contributed by atoms with E-state index in [2.05, 4.69) is 26.8 Å². The highest BCUT2D eigenvalue weighted by Crippen LogP contribution is 2.35. The van der Waals surface area contributed by atoms with Crippen LogP contribution in [-0.2, 0) is 19.1 Å². The lowest BCUT2D eigenvalue weighted by Gasteiger charge is -2.30. The predicted octanol–water partition coefficient (Wildman–Crippen LogP) is 5.70. The van der Waals surface area contributed by atoms with Gasteiger partial charge < -0.3 is 9.47 Å². The maximum atomic E-state index is 12.6. The standard InChI is InChI=1S/C22H40O4/c1-8-11-17(4)14-18(5)16-22(6,7)19(21(24)26-13-10-3)15-20(23)25-12-9-2/h16-17,19H,8-15H2,1-7H3/b18-16-/t17-,19-/m0/s1. The first-order valence-corrected chi connectivity index (χ1v) is 10.2. The number of esters is 2. The zero-order chi connectivity index (χ0) is 20.2. The van der Waals surface area contributed by atoms with Gasteiger partial charge in [-0.25, -0.2) is 0 Å². The minimum absolute atomic E-state index is 0.0594. The summed E-state index contributed by atoms with van der Waals surface area (Å²) in [5.74, 6) is -0.554. The Hall–Kier alpha value is -1.32. The number of rotatable bonds is 13. The van der Waals surface area contributed by atoms with Crippen molar-refractivity contribution in [2.24, 2.45) is 17.3 Å². The molecule has 0 aliphatic carbocycles. The van der Waals surface area contributed by atoms with Crippen LogP contribution in [-0.4, -0.2) is 25.2 Å². The first-order valence-electron chi connectivity index (χ1n) is 10.2. The summed E-state index contributed by atoms with van der Waals surface area (Å²) >= 11 is 0. The van der Waals surface area contributed by atoms with Crippen LogP contribution in [0.15, 0.2) is 11.6 Å². The van der Waals surface area contributed by atoms with E-state index in [1.165, 1.54) is 18.4 Å². The maximum absolute atomic E-state index is 12.6. The molecular formula is C22H40O4. The van der Waals surface area contributed by atoms with E-state index in [0.717, 1.165) is 19.3 Å². The van der Waals surface area contributed by atoms with Crippen LogP contribution in [0.1, 0.15) is 87.0 Å². The van der Waals surface area contributed by atoms with Gasteiger partial charge in [-0.1, -0.05) is 66.0 Å². The Balaban J connectivity index is 5.27. The Morgan fingerprint density at radius 1 is 0.962 bits per heavy atom. The van der Waals surface area contributed by atoms with Gasteiger partial charge in [0.1, 0.15) is 0 Å². The summed E-state index contributed by atoms with van der Waals surface area (Å²) in [6, 6.07) is 0. The van der Waals surface area contributed by atoms with Crippen LogP contribution < -0.4 is 0 Å². The Labute approximate surface area is 160 Å². The number of allylic oxidation sites excluding steroid dienone is 2. The number of ether oxygens (including phenoxy) is 2. The quantitative estimate of drug-likeness (QED) is 0.309. The third-order valence-corrected chi connectivity index (χ3v) is 4.54. The third kappa shape index (κ3) is 9.98. The molecule has 0 bridgehead atoms. The van der Waals surface area contributed by atoms with Gasteiger partial charge in [0.25, 0.3) is 0 Å². The van der Waals surface area contributed by atoms with E-state index in [-0.39, 0.29) is 18.4 Å². The summed E-state index contributed by atoms with van der Waals surface area (Å²) in [5.41, 5.74) is 0.790. The van der Waals surface area contributed by atoms with Crippen molar-refractivity contribution in [3.63, 3.8) is 0 Å². The highest BCUT2D eigenvalue weighted by atomic mass is 16.5. The number of carbonyl (C=O) groups excluding carboxylic acids is 2. The van der Waals surface area contributed by atoms with Gasteiger partial charge in [0.05, 0.1) is 25.6 Å². The molecule has 0 spiro atoms. The fraction of sp³-hybridized carbons (Fsp3) is 0.818. The van der Waals surface area contributed by atoms with Crippen molar-refractivity contribution >= 4 is 11.9 Å². The maximum Gasteiger partial charge on any atom is 0.310 e. The number of hydrogen-bond donors (Lipinski definition) is 0.